The number of phenols is 1. The minimum absolute atomic E-state index is 0.0461. The summed E-state index contributed by atoms with van der Waals surface area (Å²) in [4.78, 5) is 37.7. The average molecular weight is 389 g/mol. The van der Waals surface area contributed by atoms with E-state index in [1.165, 1.54) is 40.9 Å². The standard InChI is InChI=1S/C18H19N3O5S/c1-2-3-10-8-27-17-13(16(24)21(17)14(10)18(25)26)20-15(23)12(19)9-4-6-11(22)7-5-9/h2-7,12-13,17,22H,8,19H2,1H3,(H,20,23)(H,25,26)/b3-2+/t12-,13-,17?/m1/s1. The van der Waals surface area contributed by atoms with Gasteiger partial charge in [-0.25, -0.2) is 4.79 Å². The van der Waals surface area contributed by atoms with Gasteiger partial charge in [-0.1, -0.05) is 24.3 Å². The van der Waals surface area contributed by atoms with E-state index in [1.54, 1.807) is 19.1 Å². The normalized spacial score (nSPS) is 23.0. The summed E-state index contributed by atoms with van der Waals surface area (Å²) in [7, 11) is 0. The number of benzene rings is 1. The number of carbonyl (C=O) groups is 3. The molecule has 0 aliphatic carbocycles. The molecule has 3 rings (SSSR count). The van der Waals surface area contributed by atoms with Crippen LogP contribution in [-0.4, -0.2) is 50.1 Å². The highest BCUT2D eigenvalue weighted by Gasteiger charge is 2.54. The zero-order valence-electron chi connectivity index (χ0n) is 14.5. The van der Waals surface area contributed by atoms with Gasteiger partial charge in [-0.2, -0.15) is 0 Å². The number of β-lactam (4-membered cyclic amide) rings is 1. The first-order chi connectivity index (χ1) is 12.8. The average Bonchev–Trinajstić information content (AvgIpc) is 2.65. The summed E-state index contributed by atoms with van der Waals surface area (Å²) in [5, 5.41) is 20.9. The lowest BCUT2D eigenvalue weighted by Crippen LogP contribution is -2.71. The van der Waals surface area contributed by atoms with Gasteiger partial charge < -0.3 is 21.3 Å². The number of allylic oxidation sites excluding steroid dienone is 2. The molecule has 0 radical (unpaired) electrons. The SMILES string of the molecule is C/C=C/C1=C(C(=O)O)N2C(=O)[C@@H](NC(=O)[C@H](N)c3ccc(O)cc3)C2SC1. The molecule has 1 saturated heterocycles. The molecule has 0 saturated carbocycles. The second-order valence-corrected chi connectivity index (χ2v) is 7.25. The number of nitrogens with zero attached hydrogens (tertiary/aromatic N) is 1. The quantitative estimate of drug-likeness (QED) is 0.545. The summed E-state index contributed by atoms with van der Waals surface area (Å²) in [5.74, 6) is -1.71. The Balaban J connectivity index is 1.74. The minimum atomic E-state index is -1.17. The molecule has 1 fully saturated rings. The molecule has 8 nitrogen and oxygen atoms in total. The summed E-state index contributed by atoms with van der Waals surface area (Å²) < 4.78 is 0. The lowest BCUT2D eigenvalue weighted by atomic mass is 10.0. The molecule has 0 bridgehead atoms. The number of phenolic OH excluding ortho intramolecular Hbond substituents is 1. The van der Waals surface area contributed by atoms with E-state index in [-0.39, 0.29) is 11.4 Å². The fourth-order valence-electron chi connectivity index (χ4n) is 3.05. The Morgan fingerprint density at radius 2 is 2.04 bits per heavy atom. The van der Waals surface area contributed by atoms with Gasteiger partial charge in [-0.3, -0.25) is 14.5 Å². The minimum Gasteiger partial charge on any atom is -0.508 e. The number of nitrogens with two attached hydrogens (primary N) is 1. The third-order valence-electron chi connectivity index (χ3n) is 4.40. The lowest BCUT2D eigenvalue weighted by Gasteiger charge is -2.49. The number of carboxylic acid groups (broad SMARTS) is 1. The van der Waals surface area contributed by atoms with Crippen LogP contribution in [0.4, 0.5) is 0 Å². The molecule has 2 aliphatic rings. The van der Waals surface area contributed by atoms with Crippen molar-refractivity contribution in [2.75, 3.05) is 5.75 Å². The van der Waals surface area contributed by atoms with Gasteiger partial charge in [0.05, 0.1) is 0 Å². The lowest BCUT2D eigenvalue weighted by molar-refractivity contribution is -0.150. The molecular formula is C18H19N3O5S. The van der Waals surface area contributed by atoms with E-state index in [0.29, 0.717) is 16.9 Å². The molecular weight excluding hydrogens is 370 g/mol. The largest absolute Gasteiger partial charge is 0.508 e. The Morgan fingerprint density at radius 3 is 2.63 bits per heavy atom. The number of hydrogen-bond donors (Lipinski definition) is 4. The van der Waals surface area contributed by atoms with Crippen molar-refractivity contribution < 1.29 is 24.6 Å². The van der Waals surface area contributed by atoms with Gasteiger partial charge in [0.2, 0.25) is 5.91 Å². The molecule has 27 heavy (non-hydrogen) atoms. The molecule has 2 aliphatic heterocycles. The van der Waals surface area contributed by atoms with Gasteiger partial charge >= 0.3 is 5.97 Å². The molecule has 1 unspecified atom stereocenters. The molecule has 5 N–H and O–H groups in total. The van der Waals surface area contributed by atoms with Gasteiger partial charge in [0.25, 0.3) is 5.91 Å². The summed E-state index contributed by atoms with van der Waals surface area (Å²) in [6, 6.07) is 4.06. The van der Waals surface area contributed by atoms with Crippen LogP contribution >= 0.6 is 11.8 Å². The number of carboxylic acids is 1. The number of aliphatic carboxylic acids is 1. The van der Waals surface area contributed by atoms with E-state index in [2.05, 4.69) is 5.32 Å². The maximum absolute atomic E-state index is 12.5. The maximum Gasteiger partial charge on any atom is 0.352 e. The number of rotatable bonds is 5. The van der Waals surface area contributed by atoms with Gasteiger partial charge in [0.1, 0.15) is 28.9 Å². The van der Waals surface area contributed by atoms with Crippen LogP contribution in [-0.2, 0) is 14.4 Å². The van der Waals surface area contributed by atoms with Crippen molar-refractivity contribution >= 4 is 29.5 Å². The van der Waals surface area contributed by atoms with Crippen LogP contribution in [0.5, 0.6) is 5.75 Å². The Labute approximate surface area is 159 Å². The highest BCUT2D eigenvalue weighted by molar-refractivity contribution is 8.00. The topological polar surface area (TPSA) is 133 Å². The van der Waals surface area contributed by atoms with Gasteiger partial charge in [0.15, 0.2) is 0 Å². The van der Waals surface area contributed by atoms with Crippen molar-refractivity contribution in [2.45, 2.75) is 24.4 Å². The van der Waals surface area contributed by atoms with E-state index in [0.717, 1.165) is 0 Å². The number of nitrogens with one attached hydrogen (secondary N) is 1. The predicted molar refractivity (Wildman–Crippen MR) is 99.5 cm³/mol. The van der Waals surface area contributed by atoms with Crippen LogP contribution in [0.1, 0.15) is 18.5 Å². The number of amides is 2. The van der Waals surface area contributed by atoms with Crippen LogP contribution in [0, 0.1) is 0 Å². The first-order valence-electron chi connectivity index (χ1n) is 8.24. The summed E-state index contributed by atoms with van der Waals surface area (Å²) in [6.45, 7) is 1.77. The molecule has 9 heteroatoms. The Bertz CT molecular complexity index is 849. The summed E-state index contributed by atoms with van der Waals surface area (Å²) in [6.07, 6.45) is 3.39. The van der Waals surface area contributed by atoms with Gasteiger partial charge in [-0.15, -0.1) is 11.8 Å². The third-order valence-corrected chi connectivity index (χ3v) is 5.70. The van der Waals surface area contributed by atoms with Gasteiger partial charge in [0, 0.05) is 5.75 Å². The zero-order chi connectivity index (χ0) is 19.7. The number of carbonyl (C=O) groups excluding carboxylic acids is 2. The second kappa shape index (κ2) is 7.45. The smallest absolute Gasteiger partial charge is 0.352 e. The van der Waals surface area contributed by atoms with E-state index in [1.807, 2.05) is 0 Å². The van der Waals surface area contributed by atoms with Crippen molar-refractivity contribution in [3.63, 3.8) is 0 Å². The highest BCUT2D eigenvalue weighted by atomic mass is 32.2. The van der Waals surface area contributed by atoms with E-state index in [9.17, 15) is 24.6 Å². The third kappa shape index (κ3) is 3.43. The van der Waals surface area contributed by atoms with E-state index in [4.69, 9.17) is 5.73 Å². The van der Waals surface area contributed by atoms with Crippen LogP contribution < -0.4 is 11.1 Å². The number of thioether (sulfide) groups is 1. The molecule has 1 aromatic carbocycles. The zero-order valence-corrected chi connectivity index (χ0v) is 15.3. The molecule has 0 spiro atoms. The number of fused-ring (bicyclic) bond motifs is 1. The second-order valence-electron chi connectivity index (χ2n) is 6.14. The molecule has 2 heterocycles. The van der Waals surface area contributed by atoms with Crippen molar-refractivity contribution in [3.8, 4) is 5.75 Å². The summed E-state index contributed by atoms with van der Waals surface area (Å²) >= 11 is 1.39. The van der Waals surface area contributed by atoms with Crippen LogP contribution in [0.2, 0.25) is 0 Å². The summed E-state index contributed by atoms with van der Waals surface area (Å²) in [5.41, 5.74) is 6.93. The molecule has 3 atom stereocenters. The van der Waals surface area contributed by atoms with Crippen LogP contribution in [0.15, 0.2) is 47.7 Å². The molecule has 1 aromatic rings. The first kappa shape index (κ1) is 19.0. The van der Waals surface area contributed by atoms with E-state index < -0.39 is 35.2 Å². The van der Waals surface area contributed by atoms with Crippen molar-refractivity contribution in [3.05, 3.63) is 53.3 Å². The number of aromatic hydroxyl groups is 1. The maximum atomic E-state index is 12.5. The Morgan fingerprint density at radius 1 is 1.37 bits per heavy atom. The fourth-order valence-corrected chi connectivity index (χ4v) is 4.37. The molecule has 0 aromatic heterocycles. The fraction of sp³-hybridized carbons (Fsp3) is 0.278. The first-order valence-corrected chi connectivity index (χ1v) is 9.28. The molecule has 2 amide bonds. The van der Waals surface area contributed by atoms with Crippen molar-refractivity contribution in [2.24, 2.45) is 5.73 Å². The van der Waals surface area contributed by atoms with Gasteiger partial charge in [-0.05, 0) is 30.2 Å². The Kier molecular flexibility index (Phi) is 5.24. The highest BCUT2D eigenvalue weighted by Crippen LogP contribution is 2.40. The molecule has 142 valence electrons. The predicted octanol–water partition coefficient (Wildman–Crippen LogP) is 0.707. The van der Waals surface area contributed by atoms with Crippen molar-refractivity contribution in [1.82, 2.24) is 10.2 Å². The Hall–Kier alpha value is -2.78. The van der Waals surface area contributed by atoms with Crippen LogP contribution in [0.3, 0.4) is 0 Å². The number of hydrogen-bond acceptors (Lipinski definition) is 6. The van der Waals surface area contributed by atoms with E-state index >= 15 is 0 Å². The monoisotopic (exact) mass is 389 g/mol. The van der Waals surface area contributed by atoms with Crippen molar-refractivity contribution in [1.29, 1.82) is 0 Å². The van der Waals surface area contributed by atoms with Crippen LogP contribution in [0.25, 0.3) is 0 Å².